The number of hydrogen-bond donors (Lipinski definition) is 1. The monoisotopic (exact) mass is 435 g/mol. The molecule has 1 aliphatic heterocycles. The van der Waals surface area contributed by atoms with Gasteiger partial charge in [0.1, 0.15) is 0 Å². The second-order valence-electron chi connectivity index (χ2n) is 9.52. The third-order valence-corrected chi connectivity index (χ3v) is 6.98. The van der Waals surface area contributed by atoms with Crippen LogP contribution in [0.15, 0.2) is 42.7 Å². The van der Waals surface area contributed by atoms with Gasteiger partial charge in [0.2, 0.25) is 11.9 Å². The summed E-state index contributed by atoms with van der Waals surface area (Å²) in [7, 11) is 0. The Bertz CT molecular complexity index is 840. The molecule has 1 atom stereocenters. The molecule has 0 spiro atoms. The largest absolute Gasteiger partial charge is 0.338 e. The lowest BCUT2D eigenvalue weighted by molar-refractivity contribution is -0.130. The van der Waals surface area contributed by atoms with Crippen molar-refractivity contribution >= 4 is 11.9 Å². The Labute approximate surface area is 192 Å². The second-order valence-corrected chi connectivity index (χ2v) is 9.52. The van der Waals surface area contributed by atoms with Crippen molar-refractivity contribution in [2.75, 3.05) is 37.6 Å². The van der Waals surface area contributed by atoms with Crippen LogP contribution in [0, 0.1) is 5.92 Å². The highest BCUT2D eigenvalue weighted by Crippen LogP contribution is 2.33. The van der Waals surface area contributed by atoms with E-state index in [-0.39, 0.29) is 11.9 Å². The molecule has 1 N–H and O–H groups in total. The Balaban J connectivity index is 1.29. The van der Waals surface area contributed by atoms with Crippen LogP contribution in [0.1, 0.15) is 69.0 Å². The van der Waals surface area contributed by atoms with Crippen molar-refractivity contribution in [3.63, 3.8) is 0 Å². The molecule has 1 aromatic heterocycles. The number of aromatic nitrogens is 2. The summed E-state index contributed by atoms with van der Waals surface area (Å²) in [5, 5.41) is 3.54. The van der Waals surface area contributed by atoms with Gasteiger partial charge in [-0.15, -0.1) is 0 Å². The van der Waals surface area contributed by atoms with Gasteiger partial charge in [-0.1, -0.05) is 57.4 Å². The van der Waals surface area contributed by atoms with Crippen LogP contribution in [0.4, 0.5) is 5.95 Å². The molecule has 4 rings (SSSR count). The highest BCUT2D eigenvalue weighted by Gasteiger charge is 2.24. The van der Waals surface area contributed by atoms with E-state index in [1.807, 2.05) is 11.0 Å². The Morgan fingerprint density at radius 2 is 1.66 bits per heavy atom. The Kier molecular flexibility index (Phi) is 7.74. The van der Waals surface area contributed by atoms with Crippen LogP contribution >= 0.6 is 0 Å². The van der Waals surface area contributed by atoms with E-state index in [0.717, 1.165) is 25.0 Å². The molecular weight excluding hydrogens is 398 g/mol. The van der Waals surface area contributed by atoms with Crippen LogP contribution in [0.25, 0.3) is 0 Å². The maximum absolute atomic E-state index is 12.9. The lowest BCUT2D eigenvalue weighted by Crippen LogP contribution is -2.51. The Morgan fingerprint density at radius 1 is 1.00 bits per heavy atom. The first-order valence-electron chi connectivity index (χ1n) is 12.2. The molecule has 6 heteroatoms. The van der Waals surface area contributed by atoms with Gasteiger partial charge >= 0.3 is 0 Å². The van der Waals surface area contributed by atoms with Crippen molar-refractivity contribution in [2.24, 2.45) is 5.92 Å². The van der Waals surface area contributed by atoms with Crippen molar-refractivity contribution in [3.8, 4) is 0 Å². The lowest BCUT2D eigenvalue weighted by atomic mass is 9.83. The smallest absolute Gasteiger partial charge is 0.236 e. The predicted octanol–water partition coefficient (Wildman–Crippen LogP) is 4.16. The normalized spacial score (nSPS) is 18.7. The van der Waals surface area contributed by atoms with Crippen molar-refractivity contribution in [3.05, 3.63) is 53.9 Å². The molecule has 1 saturated heterocycles. The number of carbonyl (C=O) groups is 1. The van der Waals surface area contributed by atoms with Gasteiger partial charge in [-0.3, -0.25) is 4.79 Å². The fraction of sp³-hybridized carbons (Fsp3) is 0.577. The zero-order valence-corrected chi connectivity index (χ0v) is 19.5. The number of carbonyl (C=O) groups excluding carboxylic acids is 1. The van der Waals surface area contributed by atoms with Gasteiger partial charge in [-0.25, -0.2) is 9.97 Å². The van der Waals surface area contributed by atoms with Crippen LogP contribution in [0.5, 0.6) is 0 Å². The molecule has 32 heavy (non-hydrogen) atoms. The van der Waals surface area contributed by atoms with Crippen molar-refractivity contribution in [1.29, 1.82) is 0 Å². The zero-order chi connectivity index (χ0) is 22.3. The Hall–Kier alpha value is -2.47. The number of amides is 1. The van der Waals surface area contributed by atoms with Gasteiger partial charge in [0.25, 0.3) is 0 Å². The summed E-state index contributed by atoms with van der Waals surface area (Å²) >= 11 is 0. The molecule has 2 aliphatic rings. The summed E-state index contributed by atoms with van der Waals surface area (Å²) in [5.74, 6) is 2.05. The molecule has 0 bridgehead atoms. The summed E-state index contributed by atoms with van der Waals surface area (Å²) in [5.41, 5.74) is 2.76. The molecule has 1 aromatic carbocycles. The van der Waals surface area contributed by atoms with Crippen LogP contribution < -0.4 is 10.2 Å². The third-order valence-electron chi connectivity index (χ3n) is 6.98. The van der Waals surface area contributed by atoms with Gasteiger partial charge in [0, 0.05) is 44.6 Å². The quantitative estimate of drug-likeness (QED) is 0.708. The first-order valence-corrected chi connectivity index (χ1v) is 12.2. The first-order chi connectivity index (χ1) is 15.6. The van der Waals surface area contributed by atoms with Crippen LogP contribution in [0.2, 0.25) is 0 Å². The minimum atomic E-state index is 0.170. The average molecular weight is 436 g/mol. The highest BCUT2D eigenvalue weighted by molar-refractivity contribution is 5.78. The number of nitrogens with one attached hydrogen (secondary N) is 1. The number of piperazine rings is 1. The minimum absolute atomic E-state index is 0.170. The number of anilines is 1. The fourth-order valence-corrected chi connectivity index (χ4v) is 5.07. The summed E-state index contributed by atoms with van der Waals surface area (Å²) < 4.78 is 0. The summed E-state index contributed by atoms with van der Waals surface area (Å²) in [6.45, 7) is 7.76. The van der Waals surface area contributed by atoms with E-state index in [2.05, 4.69) is 58.3 Å². The zero-order valence-electron chi connectivity index (χ0n) is 19.5. The van der Waals surface area contributed by atoms with Crippen molar-refractivity contribution < 1.29 is 4.79 Å². The van der Waals surface area contributed by atoms with Gasteiger partial charge in [0.05, 0.1) is 6.54 Å². The van der Waals surface area contributed by atoms with Crippen molar-refractivity contribution in [2.45, 2.75) is 57.9 Å². The number of nitrogens with zero attached hydrogens (tertiary/aromatic N) is 4. The molecule has 172 valence electrons. The Morgan fingerprint density at radius 3 is 2.28 bits per heavy atom. The standard InChI is InChI=1S/C26H37N5O/c1-20(2)25(23-11-9-22(10-12-23)21-7-4-3-5-8-21)29-19-24(32)30-15-17-31(18-16-30)26-27-13-6-14-28-26/h6,9-14,20-21,25,29H,3-5,7-8,15-19H2,1-2H3/t25-/m0/s1. The molecule has 2 fully saturated rings. The topological polar surface area (TPSA) is 61.4 Å². The van der Waals surface area contributed by atoms with E-state index in [4.69, 9.17) is 0 Å². The van der Waals surface area contributed by atoms with Gasteiger partial charge in [0.15, 0.2) is 0 Å². The minimum Gasteiger partial charge on any atom is -0.338 e. The van der Waals surface area contributed by atoms with E-state index in [0.29, 0.717) is 25.6 Å². The highest BCUT2D eigenvalue weighted by atomic mass is 16.2. The summed E-state index contributed by atoms with van der Waals surface area (Å²) in [6, 6.07) is 11.2. The molecule has 1 saturated carbocycles. The average Bonchev–Trinajstić information content (AvgIpc) is 2.85. The van der Waals surface area contributed by atoms with Crippen LogP contribution in [-0.2, 0) is 4.79 Å². The number of rotatable bonds is 7. The molecule has 0 unspecified atom stereocenters. The SMILES string of the molecule is CC(C)[C@H](NCC(=O)N1CCN(c2ncccn2)CC1)c1ccc(C2CCCCC2)cc1. The molecule has 1 aliphatic carbocycles. The van der Waals surface area contributed by atoms with Gasteiger partial charge in [-0.05, 0) is 41.9 Å². The molecule has 6 nitrogen and oxygen atoms in total. The molecule has 2 heterocycles. The van der Waals surface area contributed by atoms with E-state index >= 15 is 0 Å². The van der Waals surface area contributed by atoms with Crippen LogP contribution in [-0.4, -0.2) is 53.5 Å². The number of benzene rings is 1. The maximum atomic E-state index is 12.9. The second kappa shape index (κ2) is 10.9. The van der Waals surface area contributed by atoms with Crippen LogP contribution in [0.3, 0.4) is 0 Å². The van der Waals surface area contributed by atoms with E-state index in [1.54, 1.807) is 12.4 Å². The third kappa shape index (κ3) is 5.66. The van der Waals surface area contributed by atoms with E-state index in [1.165, 1.54) is 43.2 Å². The van der Waals surface area contributed by atoms with E-state index < -0.39 is 0 Å². The van der Waals surface area contributed by atoms with Gasteiger partial charge in [-0.2, -0.15) is 0 Å². The van der Waals surface area contributed by atoms with E-state index in [9.17, 15) is 4.79 Å². The van der Waals surface area contributed by atoms with Crippen molar-refractivity contribution in [1.82, 2.24) is 20.2 Å². The lowest BCUT2D eigenvalue weighted by Gasteiger charge is -2.35. The summed E-state index contributed by atoms with van der Waals surface area (Å²) in [6.07, 6.45) is 10.3. The fourth-order valence-electron chi connectivity index (χ4n) is 5.07. The molecule has 2 aromatic rings. The summed E-state index contributed by atoms with van der Waals surface area (Å²) in [4.78, 5) is 25.6. The number of hydrogen-bond acceptors (Lipinski definition) is 5. The molecule has 0 radical (unpaired) electrons. The predicted molar refractivity (Wildman–Crippen MR) is 129 cm³/mol. The maximum Gasteiger partial charge on any atom is 0.236 e. The molecule has 1 amide bonds. The first kappa shape index (κ1) is 22.7. The molecular formula is C26H37N5O. The van der Waals surface area contributed by atoms with Gasteiger partial charge < -0.3 is 15.1 Å².